The van der Waals surface area contributed by atoms with Crippen molar-refractivity contribution in [1.82, 2.24) is 5.32 Å². The molecule has 0 radical (unpaired) electrons. The van der Waals surface area contributed by atoms with Gasteiger partial charge in [0.2, 0.25) is 0 Å². The Kier molecular flexibility index (Phi) is 6.45. The van der Waals surface area contributed by atoms with Crippen molar-refractivity contribution >= 4 is 5.91 Å². The third kappa shape index (κ3) is 5.24. The van der Waals surface area contributed by atoms with Crippen molar-refractivity contribution < 1.29 is 14.3 Å². The minimum atomic E-state index is -0.553. The number of hydrogen-bond acceptors (Lipinski definition) is 3. The van der Waals surface area contributed by atoms with Crippen LogP contribution in [0.4, 0.5) is 0 Å². The maximum Gasteiger partial charge on any atom is 0.261 e. The van der Waals surface area contributed by atoms with Gasteiger partial charge in [-0.1, -0.05) is 18.2 Å². The molecule has 1 N–H and O–H groups in total. The summed E-state index contributed by atoms with van der Waals surface area (Å²) in [6, 6.07) is 11.8. The van der Waals surface area contributed by atoms with Crippen molar-refractivity contribution in [2.75, 3.05) is 6.61 Å². The number of rotatable bonds is 7. The Morgan fingerprint density at radius 3 is 2.44 bits per heavy atom. The quantitative estimate of drug-likeness (QED) is 0.825. The molecule has 1 unspecified atom stereocenters. The van der Waals surface area contributed by atoms with Crippen LogP contribution in [0.15, 0.2) is 36.4 Å². The molecule has 4 nitrogen and oxygen atoms in total. The lowest BCUT2D eigenvalue weighted by atomic mass is 10.1. The molecule has 1 amide bonds. The van der Waals surface area contributed by atoms with E-state index in [1.54, 1.807) is 6.92 Å². The van der Waals surface area contributed by atoms with E-state index in [0.717, 1.165) is 33.8 Å². The second kappa shape index (κ2) is 8.56. The maximum absolute atomic E-state index is 12.3. The molecule has 0 fully saturated rings. The average molecular weight is 341 g/mol. The van der Waals surface area contributed by atoms with E-state index < -0.39 is 6.10 Å². The van der Waals surface area contributed by atoms with Crippen molar-refractivity contribution in [3.63, 3.8) is 0 Å². The zero-order chi connectivity index (χ0) is 18.4. The number of ether oxygens (including phenoxy) is 2. The van der Waals surface area contributed by atoms with Crippen molar-refractivity contribution in [1.29, 1.82) is 0 Å². The Bertz CT molecular complexity index is 723. The lowest BCUT2D eigenvalue weighted by Gasteiger charge is -2.18. The minimum Gasteiger partial charge on any atom is -0.494 e. The molecule has 0 saturated heterocycles. The molecule has 134 valence electrons. The first-order valence-corrected chi connectivity index (χ1v) is 8.64. The molecule has 0 bridgehead atoms. The van der Waals surface area contributed by atoms with Crippen LogP contribution in [0.5, 0.6) is 11.5 Å². The summed E-state index contributed by atoms with van der Waals surface area (Å²) in [6.07, 6.45) is -0.553. The molecule has 0 aliphatic heterocycles. The second-order valence-electron chi connectivity index (χ2n) is 6.26. The van der Waals surface area contributed by atoms with Gasteiger partial charge in [0.1, 0.15) is 11.5 Å². The molecule has 0 spiro atoms. The van der Waals surface area contributed by atoms with Crippen molar-refractivity contribution in [3.8, 4) is 11.5 Å². The van der Waals surface area contributed by atoms with Gasteiger partial charge in [0, 0.05) is 6.54 Å². The molecule has 4 heteroatoms. The standard InChI is InChI=1S/C21H27NO3/c1-6-24-19-9-7-18(8-10-19)13-22-21(23)17(5)25-20-12-14(2)11-15(3)16(20)4/h7-12,17H,6,13H2,1-5H3,(H,22,23). The second-order valence-corrected chi connectivity index (χ2v) is 6.26. The van der Waals surface area contributed by atoms with E-state index in [0.29, 0.717) is 13.2 Å². The predicted octanol–water partition coefficient (Wildman–Crippen LogP) is 4.09. The Morgan fingerprint density at radius 1 is 1.12 bits per heavy atom. The van der Waals surface area contributed by atoms with Crippen LogP contribution in [0.1, 0.15) is 36.1 Å². The molecule has 0 heterocycles. The molecule has 2 rings (SSSR count). The van der Waals surface area contributed by atoms with Crippen LogP contribution in [-0.2, 0) is 11.3 Å². The van der Waals surface area contributed by atoms with Crippen molar-refractivity contribution in [2.45, 2.75) is 47.3 Å². The van der Waals surface area contributed by atoms with E-state index in [-0.39, 0.29) is 5.91 Å². The van der Waals surface area contributed by atoms with E-state index in [4.69, 9.17) is 9.47 Å². The van der Waals surface area contributed by atoms with E-state index in [9.17, 15) is 4.79 Å². The molecule has 0 aliphatic rings. The molecular weight excluding hydrogens is 314 g/mol. The van der Waals surface area contributed by atoms with Gasteiger partial charge in [0.15, 0.2) is 6.10 Å². The Labute approximate surface area is 150 Å². The Morgan fingerprint density at radius 2 is 1.80 bits per heavy atom. The number of nitrogens with one attached hydrogen (secondary N) is 1. The van der Waals surface area contributed by atoms with Gasteiger partial charge in [0.25, 0.3) is 5.91 Å². The summed E-state index contributed by atoms with van der Waals surface area (Å²) < 4.78 is 11.3. The molecule has 2 aromatic rings. The third-order valence-corrected chi connectivity index (χ3v) is 4.14. The van der Waals surface area contributed by atoms with E-state index in [1.165, 1.54) is 0 Å². The smallest absolute Gasteiger partial charge is 0.261 e. The Hall–Kier alpha value is -2.49. The van der Waals surface area contributed by atoms with Crippen molar-refractivity contribution in [3.05, 3.63) is 58.7 Å². The monoisotopic (exact) mass is 341 g/mol. The van der Waals surface area contributed by atoms with Crippen LogP contribution in [0.3, 0.4) is 0 Å². The highest BCUT2D eigenvalue weighted by molar-refractivity contribution is 5.80. The first-order chi connectivity index (χ1) is 11.9. The maximum atomic E-state index is 12.3. The van der Waals surface area contributed by atoms with Gasteiger partial charge in [0.05, 0.1) is 6.61 Å². The highest BCUT2D eigenvalue weighted by atomic mass is 16.5. The molecule has 0 saturated carbocycles. The van der Waals surface area contributed by atoms with Gasteiger partial charge in [-0.05, 0) is 75.1 Å². The third-order valence-electron chi connectivity index (χ3n) is 4.14. The lowest BCUT2D eigenvalue weighted by Crippen LogP contribution is -2.36. The number of carbonyl (C=O) groups is 1. The fourth-order valence-corrected chi connectivity index (χ4v) is 2.57. The van der Waals surface area contributed by atoms with Crippen LogP contribution >= 0.6 is 0 Å². The summed E-state index contributed by atoms with van der Waals surface area (Å²) in [5.74, 6) is 1.47. The fraction of sp³-hybridized carbons (Fsp3) is 0.381. The first-order valence-electron chi connectivity index (χ1n) is 8.64. The van der Waals surface area contributed by atoms with E-state index >= 15 is 0 Å². The fourth-order valence-electron chi connectivity index (χ4n) is 2.57. The summed E-state index contributed by atoms with van der Waals surface area (Å²) in [7, 11) is 0. The van der Waals surface area contributed by atoms with Crippen LogP contribution in [0.25, 0.3) is 0 Å². The normalized spacial score (nSPS) is 11.7. The predicted molar refractivity (Wildman–Crippen MR) is 100 cm³/mol. The lowest BCUT2D eigenvalue weighted by molar-refractivity contribution is -0.127. The molecule has 25 heavy (non-hydrogen) atoms. The topological polar surface area (TPSA) is 47.6 Å². The van der Waals surface area contributed by atoms with Crippen LogP contribution in [-0.4, -0.2) is 18.6 Å². The molecule has 2 aromatic carbocycles. The zero-order valence-corrected chi connectivity index (χ0v) is 15.7. The summed E-state index contributed by atoms with van der Waals surface area (Å²) in [6.45, 7) is 10.9. The summed E-state index contributed by atoms with van der Waals surface area (Å²) in [4.78, 5) is 12.3. The van der Waals surface area contributed by atoms with E-state index in [1.807, 2.05) is 58.0 Å². The minimum absolute atomic E-state index is 0.132. The first kappa shape index (κ1) is 18.8. The number of amides is 1. The highest BCUT2D eigenvalue weighted by Crippen LogP contribution is 2.24. The van der Waals surface area contributed by atoms with Crippen LogP contribution in [0, 0.1) is 20.8 Å². The Balaban J connectivity index is 1.92. The van der Waals surface area contributed by atoms with Gasteiger partial charge >= 0.3 is 0 Å². The van der Waals surface area contributed by atoms with Gasteiger partial charge in [-0.25, -0.2) is 0 Å². The van der Waals surface area contributed by atoms with Crippen LogP contribution in [0.2, 0.25) is 0 Å². The van der Waals surface area contributed by atoms with Crippen molar-refractivity contribution in [2.24, 2.45) is 0 Å². The van der Waals surface area contributed by atoms with Crippen LogP contribution < -0.4 is 14.8 Å². The molecular formula is C21H27NO3. The average Bonchev–Trinajstić information content (AvgIpc) is 2.58. The zero-order valence-electron chi connectivity index (χ0n) is 15.7. The number of hydrogen-bond donors (Lipinski definition) is 1. The largest absolute Gasteiger partial charge is 0.494 e. The highest BCUT2D eigenvalue weighted by Gasteiger charge is 2.16. The summed E-state index contributed by atoms with van der Waals surface area (Å²) >= 11 is 0. The summed E-state index contributed by atoms with van der Waals surface area (Å²) in [5, 5.41) is 2.91. The number of aryl methyl sites for hydroxylation is 2. The molecule has 0 aromatic heterocycles. The molecule has 1 atom stereocenters. The number of benzene rings is 2. The van der Waals surface area contributed by atoms with E-state index in [2.05, 4.69) is 11.4 Å². The molecule has 0 aliphatic carbocycles. The SMILES string of the molecule is CCOc1ccc(CNC(=O)C(C)Oc2cc(C)cc(C)c2C)cc1. The van der Waals surface area contributed by atoms with Gasteiger partial charge in [-0.15, -0.1) is 0 Å². The van der Waals surface area contributed by atoms with Gasteiger partial charge in [-0.2, -0.15) is 0 Å². The number of carbonyl (C=O) groups excluding carboxylic acids is 1. The summed E-state index contributed by atoms with van der Waals surface area (Å²) in [5.41, 5.74) is 4.38. The van der Waals surface area contributed by atoms with Gasteiger partial charge in [-0.3, -0.25) is 4.79 Å². The van der Waals surface area contributed by atoms with Gasteiger partial charge < -0.3 is 14.8 Å².